The van der Waals surface area contributed by atoms with Crippen LogP contribution < -0.4 is 0 Å². The van der Waals surface area contributed by atoms with E-state index in [-0.39, 0.29) is 12.2 Å². The maximum absolute atomic E-state index is 9.38. The molecule has 2 N–H and O–H groups in total. The molecule has 0 saturated heterocycles. The zero-order chi connectivity index (χ0) is 7.56. The molecule has 1 rings (SSSR count). The van der Waals surface area contributed by atoms with Crippen molar-refractivity contribution in [2.75, 3.05) is 0 Å². The van der Waals surface area contributed by atoms with Gasteiger partial charge in [0.15, 0.2) is 0 Å². The van der Waals surface area contributed by atoms with Crippen molar-refractivity contribution in [3.05, 3.63) is 0 Å². The summed E-state index contributed by atoms with van der Waals surface area (Å²) in [6.45, 7) is 1.72. The van der Waals surface area contributed by atoms with Crippen molar-refractivity contribution in [1.82, 2.24) is 0 Å². The minimum absolute atomic E-state index is 0.256. The normalized spacial score (nSPS) is 25.5. The summed E-state index contributed by atoms with van der Waals surface area (Å²) in [6, 6.07) is 0. The van der Waals surface area contributed by atoms with E-state index < -0.39 is 0 Å². The maximum Gasteiger partial charge on any atom is 0.0592 e. The topological polar surface area (TPSA) is 40.5 Å². The number of rotatable bonds is 3. The van der Waals surface area contributed by atoms with E-state index in [2.05, 4.69) is 0 Å². The summed E-state index contributed by atoms with van der Waals surface area (Å²) in [5, 5.41) is 18.3. The molecule has 2 unspecified atom stereocenters. The van der Waals surface area contributed by atoms with Gasteiger partial charge in [0, 0.05) is 0 Å². The molecule has 0 heterocycles. The van der Waals surface area contributed by atoms with Gasteiger partial charge >= 0.3 is 0 Å². The molecule has 1 aliphatic carbocycles. The van der Waals surface area contributed by atoms with Crippen LogP contribution >= 0.6 is 0 Å². The van der Waals surface area contributed by atoms with Crippen LogP contribution in [0, 0.1) is 5.92 Å². The zero-order valence-corrected chi connectivity index (χ0v) is 6.45. The molecule has 0 radical (unpaired) electrons. The van der Waals surface area contributed by atoms with Crippen LogP contribution in [0.3, 0.4) is 0 Å². The summed E-state index contributed by atoms with van der Waals surface area (Å²) >= 11 is 0. The molecular weight excluding hydrogens is 128 g/mol. The lowest BCUT2D eigenvalue weighted by Gasteiger charge is -2.30. The van der Waals surface area contributed by atoms with Gasteiger partial charge in [-0.3, -0.25) is 0 Å². The molecule has 1 saturated carbocycles. The standard InChI is InChI=1S/C8H16O2/c1-6(9)5-8(10)7-3-2-4-7/h6-10H,2-5H2,1H3. The van der Waals surface area contributed by atoms with E-state index in [4.69, 9.17) is 5.11 Å². The van der Waals surface area contributed by atoms with Gasteiger partial charge in [-0.25, -0.2) is 0 Å². The van der Waals surface area contributed by atoms with Gasteiger partial charge in [0.05, 0.1) is 12.2 Å². The van der Waals surface area contributed by atoms with Gasteiger partial charge in [-0.15, -0.1) is 0 Å². The lowest BCUT2D eigenvalue weighted by molar-refractivity contribution is 0.0213. The molecule has 0 bridgehead atoms. The Kier molecular flexibility index (Phi) is 2.69. The summed E-state index contributed by atoms with van der Waals surface area (Å²) < 4.78 is 0. The van der Waals surface area contributed by atoms with Gasteiger partial charge in [-0.05, 0) is 32.1 Å². The van der Waals surface area contributed by atoms with Gasteiger partial charge in [-0.1, -0.05) is 6.42 Å². The minimum Gasteiger partial charge on any atom is -0.393 e. The summed E-state index contributed by atoms with van der Waals surface area (Å²) in [4.78, 5) is 0. The first-order valence-electron chi connectivity index (χ1n) is 4.06. The van der Waals surface area contributed by atoms with E-state index >= 15 is 0 Å². The highest BCUT2D eigenvalue weighted by Gasteiger charge is 2.25. The lowest BCUT2D eigenvalue weighted by atomic mass is 9.79. The van der Waals surface area contributed by atoms with E-state index in [1.54, 1.807) is 6.92 Å². The van der Waals surface area contributed by atoms with Crippen molar-refractivity contribution < 1.29 is 10.2 Å². The molecule has 0 aromatic carbocycles. The third kappa shape index (κ3) is 1.96. The van der Waals surface area contributed by atoms with Gasteiger partial charge in [0.25, 0.3) is 0 Å². The van der Waals surface area contributed by atoms with E-state index in [1.165, 1.54) is 6.42 Å². The average molecular weight is 144 g/mol. The van der Waals surface area contributed by atoms with E-state index in [1.807, 2.05) is 0 Å². The Morgan fingerprint density at radius 1 is 1.40 bits per heavy atom. The fraction of sp³-hybridized carbons (Fsp3) is 1.00. The van der Waals surface area contributed by atoms with Crippen LogP contribution in [0.1, 0.15) is 32.6 Å². The average Bonchev–Trinajstić information content (AvgIpc) is 1.55. The van der Waals surface area contributed by atoms with Crippen molar-refractivity contribution >= 4 is 0 Å². The summed E-state index contributed by atoms with van der Waals surface area (Å²) in [5.74, 6) is 0.481. The Balaban J connectivity index is 2.13. The Hall–Kier alpha value is -0.0800. The van der Waals surface area contributed by atoms with Crippen LogP contribution in [0.5, 0.6) is 0 Å². The third-order valence-corrected chi connectivity index (χ3v) is 2.28. The predicted octanol–water partition coefficient (Wildman–Crippen LogP) is 0.918. The van der Waals surface area contributed by atoms with E-state index in [0.717, 1.165) is 12.8 Å². The van der Waals surface area contributed by atoms with Crippen molar-refractivity contribution in [3.63, 3.8) is 0 Å². The third-order valence-electron chi connectivity index (χ3n) is 2.28. The molecule has 10 heavy (non-hydrogen) atoms. The molecule has 0 spiro atoms. The monoisotopic (exact) mass is 144 g/mol. The highest BCUT2D eigenvalue weighted by atomic mass is 16.3. The minimum atomic E-state index is -0.351. The van der Waals surface area contributed by atoms with Gasteiger partial charge in [0.2, 0.25) is 0 Å². The van der Waals surface area contributed by atoms with Crippen molar-refractivity contribution in [1.29, 1.82) is 0 Å². The first kappa shape index (κ1) is 8.02. The number of hydrogen-bond donors (Lipinski definition) is 2. The summed E-state index contributed by atoms with van der Waals surface area (Å²) in [6.07, 6.45) is 3.48. The quantitative estimate of drug-likeness (QED) is 0.618. The van der Waals surface area contributed by atoms with E-state index in [9.17, 15) is 5.11 Å². The Labute approximate surface area is 61.9 Å². The maximum atomic E-state index is 9.38. The molecule has 0 aromatic rings. The molecule has 2 heteroatoms. The Bertz CT molecular complexity index is 97.4. The highest BCUT2D eigenvalue weighted by Crippen LogP contribution is 2.31. The van der Waals surface area contributed by atoms with Crippen LogP contribution in [0.25, 0.3) is 0 Å². The number of aliphatic hydroxyl groups excluding tert-OH is 2. The van der Waals surface area contributed by atoms with Gasteiger partial charge in [-0.2, -0.15) is 0 Å². The van der Waals surface area contributed by atoms with Crippen LogP contribution in [0.4, 0.5) is 0 Å². The van der Waals surface area contributed by atoms with Crippen LogP contribution in [-0.2, 0) is 0 Å². The Morgan fingerprint density at radius 2 is 2.00 bits per heavy atom. The molecule has 0 aromatic heterocycles. The molecule has 2 nitrogen and oxygen atoms in total. The fourth-order valence-corrected chi connectivity index (χ4v) is 1.37. The number of hydrogen-bond acceptors (Lipinski definition) is 2. The highest BCUT2D eigenvalue weighted by molar-refractivity contribution is 4.77. The lowest BCUT2D eigenvalue weighted by Crippen LogP contribution is -2.29. The molecular formula is C8H16O2. The van der Waals surface area contributed by atoms with Crippen molar-refractivity contribution in [3.8, 4) is 0 Å². The second-order valence-corrected chi connectivity index (χ2v) is 3.34. The Morgan fingerprint density at radius 3 is 2.30 bits per heavy atom. The second-order valence-electron chi connectivity index (χ2n) is 3.34. The smallest absolute Gasteiger partial charge is 0.0592 e. The number of aliphatic hydroxyl groups is 2. The molecule has 1 fully saturated rings. The van der Waals surface area contributed by atoms with Crippen LogP contribution in [-0.4, -0.2) is 22.4 Å². The zero-order valence-electron chi connectivity index (χ0n) is 6.45. The summed E-state index contributed by atoms with van der Waals surface area (Å²) in [5.41, 5.74) is 0. The van der Waals surface area contributed by atoms with Crippen LogP contribution in [0.2, 0.25) is 0 Å². The molecule has 1 aliphatic rings. The van der Waals surface area contributed by atoms with Gasteiger partial charge in [0.1, 0.15) is 0 Å². The van der Waals surface area contributed by atoms with Crippen LogP contribution in [0.15, 0.2) is 0 Å². The predicted molar refractivity (Wildman–Crippen MR) is 39.6 cm³/mol. The SMILES string of the molecule is CC(O)CC(O)C1CCC1. The van der Waals surface area contributed by atoms with E-state index in [0.29, 0.717) is 12.3 Å². The van der Waals surface area contributed by atoms with Crippen molar-refractivity contribution in [2.45, 2.75) is 44.8 Å². The first-order valence-corrected chi connectivity index (χ1v) is 4.06. The molecule has 0 aliphatic heterocycles. The molecule has 60 valence electrons. The first-order chi connectivity index (χ1) is 4.70. The largest absolute Gasteiger partial charge is 0.393 e. The fourth-order valence-electron chi connectivity index (χ4n) is 1.37. The van der Waals surface area contributed by atoms with Gasteiger partial charge < -0.3 is 10.2 Å². The molecule has 2 atom stereocenters. The second kappa shape index (κ2) is 3.35. The summed E-state index contributed by atoms with van der Waals surface area (Å²) in [7, 11) is 0. The molecule has 0 amide bonds. The van der Waals surface area contributed by atoms with Crippen molar-refractivity contribution in [2.24, 2.45) is 5.92 Å².